The smallest absolute Gasteiger partial charge is 0.237 e. The second-order valence-corrected chi connectivity index (χ2v) is 4.88. The Bertz CT molecular complexity index is 451. The normalized spacial score (nSPS) is 10.6. The second-order valence-electron chi connectivity index (χ2n) is 4.06. The Morgan fingerprint density at radius 2 is 2.11 bits per heavy atom. The fourth-order valence-corrected chi connectivity index (χ4v) is 2.07. The van der Waals surface area contributed by atoms with Gasteiger partial charge in [0.25, 0.3) is 0 Å². The lowest BCUT2D eigenvalue weighted by molar-refractivity contribution is -0.116. The summed E-state index contributed by atoms with van der Waals surface area (Å²) in [6.45, 7) is 3.90. The molecule has 3 N–H and O–H groups in total. The van der Waals surface area contributed by atoms with Gasteiger partial charge in [-0.05, 0) is 19.9 Å². The molecule has 0 bridgehead atoms. The Morgan fingerprint density at radius 1 is 1.50 bits per heavy atom. The van der Waals surface area contributed by atoms with Crippen molar-refractivity contribution in [1.82, 2.24) is 4.98 Å². The number of rotatable bonds is 5. The number of amides is 1. The summed E-state index contributed by atoms with van der Waals surface area (Å²) in [7, 11) is 1.71. The zero-order valence-electron chi connectivity index (χ0n) is 10.5. The van der Waals surface area contributed by atoms with E-state index in [1.165, 1.54) is 0 Å². The molecular formula is C11H16Cl2N4O. The molecule has 5 nitrogen and oxygen atoms in total. The molecule has 0 aliphatic heterocycles. The molecule has 1 amide bonds. The fraction of sp³-hybridized carbons (Fsp3) is 0.455. The van der Waals surface area contributed by atoms with Crippen LogP contribution in [0.25, 0.3) is 0 Å². The number of carbonyl (C=O) groups excluding carboxylic acids is 1. The topological polar surface area (TPSA) is 71.2 Å². The fourth-order valence-electron chi connectivity index (χ4n) is 1.50. The van der Waals surface area contributed by atoms with Gasteiger partial charge in [0.1, 0.15) is 5.82 Å². The van der Waals surface area contributed by atoms with Gasteiger partial charge in [-0.25, -0.2) is 4.98 Å². The molecule has 0 aromatic carbocycles. The van der Waals surface area contributed by atoms with Crippen molar-refractivity contribution in [3.8, 4) is 0 Å². The first-order chi connectivity index (χ1) is 8.36. The van der Waals surface area contributed by atoms with E-state index in [1.807, 2.05) is 13.8 Å². The van der Waals surface area contributed by atoms with Crippen molar-refractivity contribution in [3.05, 3.63) is 16.1 Å². The Morgan fingerprint density at radius 3 is 2.56 bits per heavy atom. The number of carbonyl (C=O) groups is 1. The molecule has 100 valence electrons. The first kappa shape index (κ1) is 14.9. The third-order valence-electron chi connectivity index (χ3n) is 2.37. The van der Waals surface area contributed by atoms with E-state index in [9.17, 15) is 4.79 Å². The van der Waals surface area contributed by atoms with Crippen LogP contribution < -0.4 is 16.0 Å². The number of anilines is 2. The standard InChI is InChI=1S/C11H16Cl2N4O/c1-6(2)17(5-9(14)18)11-8(13)4-7(12)10(15-3)16-11/h4,6H,5H2,1-3H3,(H2,14,18)(H,15,16). The minimum Gasteiger partial charge on any atom is -0.372 e. The molecule has 0 saturated heterocycles. The number of hydrogen-bond acceptors (Lipinski definition) is 4. The summed E-state index contributed by atoms with van der Waals surface area (Å²) in [5.41, 5.74) is 5.23. The zero-order chi connectivity index (χ0) is 13.9. The van der Waals surface area contributed by atoms with Crippen molar-refractivity contribution in [3.63, 3.8) is 0 Å². The largest absolute Gasteiger partial charge is 0.372 e. The van der Waals surface area contributed by atoms with Crippen molar-refractivity contribution < 1.29 is 4.79 Å². The Labute approximate surface area is 116 Å². The van der Waals surface area contributed by atoms with Gasteiger partial charge in [0.2, 0.25) is 5.91 Å². The molecule has 0 fully saturated rings. The maximum absolute atomic E-state index is 11.1. The highest BCUT2D eigenvalue weighted by Gasteiger charge is 2.19. The lowest BCUT2D eigenvalue weighted by atomic mass is 10.3. The van der Waals surface area contributed by atoms with Gasteiger partial charge in [0.05, 0.1) is 16.6 Å². The number of primary amides is 1. The molecule has 18 heavy (non-hydrogen) atoms. The van der Waals surface area contributed by atoms with Crippen molar-refractivity contribution in [2.45, 2.75) is 19.9 Å². The van der Waals surface area contributed by atoms with E-state index in [0.29, 0.717) is 21.7 Å². The number of nitrogens with two attached hydrogens (primary N) is 1. The molecular weight excluding hydrogens is 275 g/mol. The Balaban J connectivity index is 3.22. The molecule has 0 atom stereocenters. The number of halogens is 2. The maximum Gasteiger partial charge on any atom is 0.237 e. The molecule has 0 aliphatic carbocycles. The highest BCUT2D eigenvalue weighted by Crippen LogP contribution is 2.32. The third kappa shape index (κ3) is 3.40. The van der Waals surface area contributed by atoms with Crippen LogP contribution in [0.15, 0.2) is 6.07 Å². The van der Waals surface area contributed by atoms with Crippen molar-refractivity contribution >= 4 is 40.7 Å². The van der Waals surface area contributed by atoms with E-state index >= 15 is 0 Å². The zero-order valence-corrected chi connectivity index (χ0v) is 12.0. The van der Waals surface area contributed by atoms with Crippen LogP contribution in [0.1, 0.15) is 13.8 Å². The maximum atomic E-state index is 11.1. The molecule has 1 aromatic rings. The molecule has 0 unspecified atom stereocenters. The monoisotopic (exact) mass is 290 g/mol. The minimum atomic E-state index is -0.442. The van der Waals surface area contributed by atoms with E-state index in [2.05, 4.69) is 10.3 Å². The highest BCUT2D eigenvalue weighted by molar-refractivity contribution is 6.37. The van der Waals surface area contributed by atoms with Crippen LogP contribution in [-0.4, -0.2) is 30.5 Å². The number of aromatic nitrogens is 1. The van der Waals surface area contributed by atoms with Crippen LogP contribution in [0.2, 0.25) is 10.0 Å². The lowest BCUT2D eigenvalue weighted by Crippen LogP contribution is -2.39. The number of nitrogens with zero attached hydrogens (tertiary/aromatic N) is 2. The predicted octanol–water partition coefficient (Wildman–Crippen LogP) is 2.13. The number of nitrogens with one attached hydrogen (secondary N) is 1. The molecule has 0 spiro atoms. The van der Waals surface area contributed by atoms with Gasteiger partial charge in [0, 0.05) is 13.1 Å². The van der Waals surface area contributed by atoms with E-state index in [0.717, 1.165) is 0 Å². The van der Waals surface area contributed by atoms with Crippen molar-refractivity contribution in [2.24, 2.45) is 5.73 Å². The third-order valence-corrected chi connectivity index (χ3v) is 2.94. The summed E-state index contributed by atoms with van der Waals surface area (Å²) in [6.07, 6.45) is 0. The Kier molecular flexibility index (Phi) is 5.04. The summed E-state index contributed by atoms with van der Waals surface area (Å²) in [6, 6.07) is 1.63. The summed E-state index contributed by atoms with van der Waals surface area (Å²) in [5, 5.41) is 3.67. The molecule has 7 heteroatoms. The molecule has 1 rings (SSSR count). The van der Waals surface area contributed by atoms with Gasteiger partial charge in [0.15, 0.2) is 5.82 Å². The van der Waals surface area contributed by atoms with Crippen LogP contribution in [0.3, 0.4) is 0 Å². The van der Waals surface area contributed by atoms with Crippen molar-refractivity contribution in [1.29, 1.82) is 0 Å². The van der Waals surface area contributed by atoms with Gasteiger partial charge in [-0.2, -0.15) is 0 Å². The highest BCUT2D eigenvalue weighted by atomic mass is 35.5. The van der Waals surface area contributed by atoms with Gasteiger partial charge < -0.3 is 16.0 Å². The summed E-state index contributed by atoms with van der Waals surface area (Å²) in [4.78, 5) is 17.1. The van der Waals surface area contributed by atoms with Crippen LogP contribution in [-0.2, 0) is 4.79 Å². The first-order valence-corrected chi connectivity index (χ1v) is 6.21. The molecule has 1 aromatic heterocycles. The second kappa shape index (κ2) is 6.11. The van der Waals surface area contributed by atoms with Crippen LogP contribution >= 0.6 is 23.2 Å². The van der Waals surface area contributed by atoms with E-state index in [-0.39, 0.29) is 12.6 Å². The van der Waals surface area contributed by atoms with E-state index in [1.54, 1.807) is 18.0 Å². The van der Waals surface area contributed by atoms with E-state index < -0.39 is 5.91 Å². The van der Waals surface area contributed by atoms with Gasteiger partial charge in [-0.3, -0.25) is 4.79 Å². The summed E-state index contributed by atoms with van der Waals surface area (Å²) in [5.74, 6) is 0.549. The van der Waals surface area contributed by atoms with Gasteiger partial charge in [-0.1, -0.05) is 23.2 Å². The quantitative estimate of drug-likeness (QED) is 0.871. The molecule has 1 heterocycles. The van der Waals surface area contributed by atoms with Gasteiger partial charge in [-0.15, -0.1) is 0 Å². The lowest BCUT2D eigenvalue weighted by Gasteiger charge is -2.27. The molecule has 0 aliphatic rings. The number of hydrogen-bond donors (Lipinski definition) is 2. The Hall–Kier alpha value is -1.20. The predicted molar refractivity (Wildman–Crippen MR) is 75.5 cm³/mol. The number of pyridine rings is 1. The van der Waals surface area contributed by atoms with Crippen LogP contribution in [0.4, 0.5) is 11.6 Å². The van der Waals surface area contributed by atoms with Gasteiger partial charge >= 0.3 is 0 Å². The van der Waals surface area contributed by atoms with Crippen LogP contribution in [0, 0.1) is 0 Å². The summed E-state index contributed by atoms with van der Waals surface area (Å²) >= 11 is 12.1. The summed E-state index contributed by atoms with van der Waals surface area (Å²) < 4.78 is 0. The first-order valence-electron chi connectivity index (χ1n) is 5.45. The average Bonchev–Trinajstić information content (AvgIpc) is 2.26. The van der Waals surface area contributed by atoms with Crippen LogP contribution in [0.5, 0.6) is 0 Å². The molecule has 0 radical (unpaired) electrons. The van der Waals surface area contributed by atoms with E-state index in [4.69, 9.17) is 28.9 Å². The average molecular weight is 291 g/mol. The minimum absolute atomic E-state index is 0.0355. The molecule has 0 saturated carbocycles. The van der Waals surface area contributed by atoms with Crippen molar-refractivity contribution in [2.75, 3.05) is 23.8 Å². The SMILES string of the molecule is CNc1nc(N(CC(N)=O)C(C)C)c(Cl)cc1Cl.